The van der Waals surface area contributed by atoms with Gasteiger partial charge in [0.05, 0.1) is 12.2 Å². The summed E-state index contributed by atoms with van der Waals surface area (Å²) in [6.07, 6.45) is 19.4. The lowest BCUT2D eigenvalue weighted by Crippen LogP contribution is -2.12. The Morgan fingerprint density at radius 2 is 1.19 bits per heavy atom. The highest BCUT2D eigenvalue weighted by atomic mass is 16.4. The Morgan fingerprint density at radius 1 is 0.731 bits per heavy atom. The maximum Gasteiger partial charge on any atom is 0.303 e. The number of hydrogen-bond acceptors (Lipinski definition) is 3. The molecule has 4 nitrogen and oxygen atoms in total. The molecule has 0 aromatic heterocycles. The van der Waals surface area contributed by atoms with Gasteiger partial charge in [-0.1, -0.05) is 76.4 Å². The first-order valence-corrected chi connectivity index (χ1v) is 10.7. The minimum Gasteiger partial charge on any atom is -0.481 e. The zero-order valence-corrected chi connectivity index (χ0v) is 16.9. The SMILES string of the molecule is CC=CCC(O)CCC(O)CCCCCCCCCCCCCC(=O)O. The van der Waals surface area contributed by atoms with Gasteiger partial charge in [-0.3, -0.25) is 4.79 Å². The molecule has 26 heavy (non-hydrogen) atoms. The third kappa shape index (κ3) is 19.5. The highest BCUT2D eigenvalue weighted by Gasteiger charge is 2.08. The average Bonchev–Trinajstić information content (AvgIpc) is 2.61. The lowest BCUT2D eigenvalue weighted by Gasteiger charge is -2.13. The van der Waals surface area contributed by atoms with Gasteiger partial charge in [0.1, 0.15) is 0 Å². The number of carboxylic acid groups (broad SMARTS) is 1. The van der Waals surface area contributed by atoms with Gasteiger partial charge < -0.3 is 15.3 Å². The minimum atomic E-state index is -0.681. The summed E-state index contributed by atoms with van der Waals surface area (Å²) >= 11 is 0. The summed E-state index contributed by atoms with van der Waals surface area (Å²) in [6.45, 7) is 1.95. The summed E-state index contributed by atoms with van der Waals surface area (Å²) in [5.74, 6) is -0.681. The van der Waals surface area contributed by atoms with Crippen LogP contribution in [0.5, 0.6) is 0 Å². The van der Waals surface area contributed by atoms with E-state index in [0.717, 1.165) is 32.1 Å². The molecular weight excluding hydrogens is 328 g/mol. The van der Waals surface area contributed by atoms with Crippen molar-refractivity contribution in [2.24, 2.45) is 0 Å². The first-order valence-electron chi connectivity index (χ1n) is 10.7. The molecule has 0 saturated carbocycles. The molecule has 154 valence electrons. The van der Waals surface area contributed by atoms with Gasteiger partial charge in [-0.15, -0.1) is 0 Å². The van der Waals surface area contributed by atoms with E-state index in [1.54, 1.807) is 0 Å². The Labute approximate surface area is 160 Å². The molecule has 0 spiro atoms. The molecule has 0 amide bonds. The fourth-order valence-corrected chi connectivity index (χ4v) is 3.19. The molecule has 0 bridgehead atoms. The number of allylic oxidation sites excluding steroid dienone is 1. The van der Waals surface area contributed by atoms with Crippen LogP contribution in [0.1, 0.15) is 110 Å². The number of carbonyl (C=O) groups is 1. The van der Waals surface area contributed by atoms with Gasteiger partial charge in [-0.2, -0.15) is 0 Å². The van der Waals surface area contributed by atoms with Crippen molar-refractivity contribution in [2.45, 2.75) is 122 Å². The summed E-state index contributed by atoms with van der Waals surface area (Å²) in [5.41, 5.74) is 0. The number of unbranched alkanes of at least 4 members (excludes halogenated alkanes) is 10. The van der Waals surface area contributed by atoms with E-state index in [0.29, 0.717) is 25.7 Å². The molecular formula is C22H42O4. The molecule has 2 atom stereocenters. The number of aliphatic hydroxyl groups excluding tert-OH is 2. The second-order valence-corrected chi connectivity index (χ2v) is 7.51. The van der Waals surface area contributed by atoms with Crippen molar-refractivity contribution in [1.82, 2.24) is 0 Å². The largest absolute Gasteiger partial charge is 0.481 e. The number of carboxylic acids is 1. The lowest BCUT2D eigenvalue weighted by atomic mass is 10.0. The van der Waals surface area contributed by atoms with E-state index < -0.39 is 5.97 Å². The van der Waals surface area contributed by atoms with Crippen molar-refractivity contribution in [3.63, 3.8) is 0 Å². The highest BCUT2D eigenvalue weighted by molar-refractivity contribution is 5.66. The summed E-state index contributed by atoms with van der Waals surface area (Å²) in [5, 5.41) is 28.2. The van der Waals surface area contributed by atoms with Crippen molar-refractivity contribution in [1.29, 1.82) is 0 Å². The lowest BCUT2D eigenvalue weighted by molar-refractivity contribution is -0.137. The number of aliphatic hydroxyl groups is 2. The van der Waals surface area contributed by atoms with Crippen LogP contribution in [0, 0.1) is 0 Å². The van der Waals surface area contributed by atoms with Crippen LogP contribution in [0.25, 0.3) is 0 Å². The highest BCUT2D eigenvalue weighted by Crippen LogP contribution is 2.15. The van der Waals surface area contributed by atoms with E-state index in [-0.39, 0.29) is 12.2 Å². The van der Waals surface area contributed by atoms with Crippen LogP contribution in [0.2, 0.25) is 0 Å². The van der Waals surface area contributed by atoms with Crippen LogP contribution in [-0.4, -0.2) is 33.5 Å². The van der Waals surface area contributed by atoms with Crippen molar-refractivity contribution >= 4 is 5.97 Å². The molecule has 2 unspecified atom stereocenters. The van der Waals surface area contributed by atoms with Crippen LogP contribution < -0.4 is 0 Å². The Bertz CT molecular complexity index is 341. The maximum absolute atomic E-state index is 10.4. The Morgan fingerprint density at radius 3 is 1.69 bits per heavy atom. The van der Waals surface area contributed by atoms with Gasteiger partial charge in [-0.05, 0) is 39.0 Å². The molecule has 0 aliphatic rings. The first kappa shape index (κ1) is 25.1. The zero-order chi connectivity index (χ0) is 19.5. The molecule has 0 aromatic rings. The van der Waals surface area contributed by atoms with E-state index in [1.165, 1.54) is 44.9 Å². The summed E-state index contributed by atoms with van der Waals surface area (Å²) in [4.78, 5) is 10.4. The van der Waals surface area contributed by atoms with Gasteiger partial charge in [0, 0.05) is 6.42 Å². The van der Waals surface area contributed by atoms with E-state index in [4.69, 9.17) is 5.11 Å². The van der Waals surface area contributed by atoms with Gasteiger partial charge >= 0.3 is 5.97 Å². The third-order valence-corrected chi connectivity index (χ3v) is 4.90. The Balaban J connectivity index is 3.24. The third-order valence-electron chi connectivity index (χ3n) is 4.90. The van der Waals surface area contributed by atoms with Crippen LogP contribution >= 0.6 is 0 Å². The van der Waals surface area contributed by atoms with Crippen molar-refractivity contribution in [2.75, 3.05) is 0 Å². The fourth-order valence-electron chi connectivity index (χ4n) is 3.19. The van der Waals surface area contributed by atoms with Crippen molar-refractivity contribution in [3.8, 4) is 0 Å². The van der Waals surface area contributed by atoms with Crippen LogP contribution in [0.3, 0.4) is 0 Å². The maximum atomic E-state index is 10.4. The monoisotopic (exact) mass is 370 g/mol. The van der Waals surface area contributed by atoms with E-state index in [2.05, 4.69) is 0 Å². The number of hydrogen-bond donors (Lipinski definition) is 3. The molecule has 0 heterocycles. The van der Waals surface area contributed by atoms with Crippen LogP contribution in [-0.2, 0) is 4.79 Å². The molecule has 0 rings (SSSR count). The molecule has 4 heteroatoms. The van der Waals surface area contributed by atoms with Gasteiger partial charge in [0.25, 0.3) is 0 Å². The van der Waals surface area contributed by atoms with E-state index >= 15 is 0 Å². The number of aliphatic carboxylic acids is 1. The normalized spacial score (nSPS) is 14.0. The zero-order valence-electron chi connectivity index (χ0n) is 16.9. The first-order chi connectivity index (χ1) is 12.6. The van der Waals surface area contributed by atoms with Crippen molar-refractivity contribution < 1.29 is 20.1 Å². The smallest absolute Gasteiger partial charge is 0.303 e. The quantitative estimate of drug-likeness (QED) is 0.204. The van der Waals surface area contributed by atoms with E-state index in [1.807, 2.05) is 19.1 Å². The summed E-state index contributed by atoms with van der Waals surface area (Å²) < 4.78 is 0. The minimum absolute atomic E-state index is 0.267. The van der Waals surface area contributed by atoms with Gasteiger partial charge in [0.2, 0.25) is 0 Å². The number of rotatable bonds is 19. The van der Waals surface area contributed by atoms with E-state index in [9.17, 15) is 15.0 Å². The Kier molecular flexibility index (Phi) is 18.3. The second kappa shape index (κ2) is 18.9. The van der Waals surface area contributed by atoms with Gasteiger partial charge in [-0.25, -0.2) is 0 Å². The summed E-state index contributed by atoms with van der Waals surface area (Å²) in [7, 11) is 0. The molecule has 3 N–H and O–H groups in total. The van der Waals surface area contributed by atoms with Crippen molar-refractivity contribution in [3.05, 3.63) is 12.2 Å². The topological polar surface area (TPSA) is 77.8 Å². The second-order valence-electron chi connectivity index (χ2n) is 7.51. The van der Waals surface area contributed by atoms with Gasteiger partial charge in [0.15, 0.2) is 0 Å². The standard InChI is InChI=1S/C22H42O4/c1-2-3-15-20(23)18-19-21(24)16-13-11-9-7-5-4-6-8-10-12-14-17-22(25)26/h2-3,20-21,23-24H,4-19H2,1H3,(H,25,26). The van der Waals surface area contributed by atoms with Crippen LogP contribution in [0.15, 0.2) is 12.2 Å². The molecule has 0 fully saturated rings. The molecule has 0 aliphatic heterocycles. The van der Waals surface area contributed by atoms with Crippen LogP contribution in [0.4, 0.5) is 0 Å². The average molecular weight is 371 g/mol. The molecule has 0 aromatic carbocycles. The Hall–Kier alpha value is -0.870. The molecule has 0 radical (unpaired) electrons. The predicted molar refractivity (Wildman–Crippen MR) is 108 cm³/mol. The predicted octanol–water partition coefficient (Wildman–Crippen LogP) is 5.61. The fraction of sp³-hybridized carbons (Fsp3) is 0.864. The molecule has 0 aliphatic carbocycles. The molecule has 0 saturated heterocycles. The summed E-state index contributed by atoms with van der Waals surface area (Å²) in [6, 6.07) is 0.